The lowest BCUT2D eigenvalue weighted by Crippen LogP contribution is -2.49. The normalized spacial score (nSPS) is 17.5. The van der Waals surface area contributed by atoms with Gasteiger partial charge in [-0.3, -0.25) is 14.6 Å². The van der Waals surface area contributed by atoms with E-state index in [1.807, 2.05) is 0 Å². The fraction of sp³-hybridized carbons (Fsp3) is 0.429. The summed E-state index contributed by atoms with van der Waals surface area (Å²) in [5, 5.41) is 5.63. The van der Waals surface area contributed by atoms with Crippen LogP contribution in [0.2, 0.25) is 0 Å². The maximum atomic E-state index is 15.2. The number of methoxy groups -OCH3 is 1. The van der Waals surface area contributed by atoms with Gasteiger partial charge in [-0.1, -0.05) is 42.5 Å². The van der Waals surface area contributed by atoms with Gasteiger partial charge in [0, 0.05) is 25.1 Å². The van der Waals surface area contributed by atoms with Gasteiger partial charge in [-0.25, -0.2) is 9.18 Å². The molecule has 1 aliphatic heterocycles. The highest BCUT2D eigenvalue weighted by molar-refractivity contribution is 5.90. The molecular formula is C35H36F7N3O7. The Balaban J connectivity index is 1.47. The zero-order chi connectivity index (χ0) is 37.9. The van der Waals surface area contributed by atoms with Crippen molar-refractivity contribution in [3.63, 3.8) is 0 Å². The lowest BCUT2D eigenvalue weighted by molar-refractivity contribution is -0.274. The molecule has 0 radical (unpaired) electrons. The van der Waals surface area contributed by atoms with Crippen molar-refractivity contribution in [2.45, 2.75) is 68.7 Å². The van der Waals surface area contributed by atoms with Crippen molar-refractivity contribution in [2.75, 3.05) is 26.9 Å². The summed E-state index contributed by atoms with van der Waals surface area (Å²) in [6, 6.07) is 11.5. The number of ether oxygens (including phenoxy) is 4. The minimum atomic E-state index is -4.93. The third kappa shape index (κ3) is 12.5. The second-order valence-electron chi connectivity index (χ2n) is 11.9. The van der Waals surface area contributed by atoms with E-state index < -0.39 is 78.9 Å². The number of aromatic nitrogens is 1. The van der Waals surface area contributed by atoms with Gasteiger partial charge in [0.05, 0.1) is 44.9 Å². The topological polar surface area (TPSA) is 125 Å². The lowest BCUT2D eigenvalue weighted by atomic mass is 9.81. The van der Waals surface area contributed by atoms with E-state index in [2.05, 4.69) is 20.4 Å². The molecule has 0 spiro atoms. The number of esters is 1. The maximum absolute atomic E-state index is 15.2. The molecule has 1 fully saturated rings. The molecule has 2 heterocycles. The van der Waals surface area contributed by atoms with Crippen molar-refractivity contribution < 1.29 is 64.1 Å². The molecule has 4 atom stereocenters. The first-order chi connectivity index (χ1) is 24.6. The molecule has 4 rings (SSSR count). The average Bonchev–Trinajstić information content (AvgIpc) is 3.10. The van der Waals surface area contributed by atoms with Crippen LogP contribution in [0.25, 0.3) is 0 Å². The smallest absolute Gasteiger partial charge is 0.464 e. The highest BCUT2D eigenvalue weighted by Crippen LogP contribution is 2.32. The zero-order valence-corrected chi connectivity index (χ0v) is 27.8. The predicted molar refractivity (Wildman–Crippen MR) is 170 cm³/mol. The third-order valence-electron chi connectivity index (χ3n) is 8.17. The van der Waals surface area contributed by atoms with Crippen molar-refractivity contribution in [1.29, 1.82) is 0 Å². The van der Waals surface area contributed by atoms with E-state index >= 15 is 4.39 Å². The SMILES string of the molecule is COC(=O)N[C@H](C(=O)Cc1cncc(F)c1CC[C@@H]1CN[C@H](COC(=O)CCC(F)(F)F)CO1)[C@H](c1ccccc1)c1ccc(OC(F)(F)F)cc1. The van der Waals surface area contributed by atoms with Gasteiger partial charge in [-0.05, 0) is 47.2 Å². The number of amides is 1. The van der Waals surface area contributed by atoms with Gasteiger partial charge >= 0.3 is 24.6 Å². The Bertz CT molecular complexity index is 1630. The molecule has 1 aliphatic rings. The number of nitrogens with one attached hydrogen (secondary N) is 2. The molecule has 10 nitrogen and oxygen atoms in total. The van der Waals surface area contributed by atoms with Crippen molar-refractivity contribution in [3.8, 4) is 5.75 Å². The second kappa shape index (κ2) is 18.1. The molecular weight excluding hydrogens is 707 g/mol. The summed E-state index contributed by atoms with van der Waals surface area (Å²) in [6.07, 6.45) is -10.5. The maximum Gasteiger partial charge on any atom is 0.573 e. The van der Waals surface area contributed by atoms with E-state index in [0.717, 1.165) is 25.4 Å². The Hall–Kier alpha value is -4.77. The van der Waals surface area contributed by atoms with Crippen LogP contribution < -0.4 is 15.4 Å². The number of alkyl carbamates (subject to hydrolysis) is 1. The first kappa shape index (κ1) is 40.0. The minimum absolute atomic E-state index is 0.0758. The molecule has 52 heavy (non-hydrogen) atoms. The molecule has 0 aliphatic carbocycles. The van der Waals surface area contributed by atoms with Gasteiger partial charge in [0.25, 0.3) is 0 Å². The van der Waals surface area contributed by atoms with Crippen LogP contribution in [0.4, 0.5) is 35.5 Å². The van der Waals surface area contributed by atoms with E-state index in [-0.39, 0.29) is 50.1 Å². The average molecular weight is 744 g/mol. The number of nitrogens with zero attached hydrogens (tertiary/aromatic N) is 1. The van der Waals surface area contributed by atoms with Crippen LogP contribution in [0.3, 0.4) is 0 Å². The summed E-state index contributed by atoms with van der Waals surface area (Å²) in [5.41, 5.74) is 1.31. The Kier molecular flexibility index (Phi) is 13.9. The van der Waals surface area contributed by atoms with Crippen molar-refractivity contribution in [2.24, 2.45) is 0 Å². The summed E-state index contributed by atoms with van der Waals surface area (Å²) >= 11 is 0. The molecule has 0 saturated carbocycles. The van der Waals surface area contributed by atoms with Crippen molar-refractivity contribution in [1.82, 2.24) is 15.6 Å². The molecule has 0 bridgehead atoms. The van der Waals surface area contributed by atoms with Gasteiger partial charge in [0.2, 0.25) is 0 Å². The molecule has 1 amide bonds. The number of rotatable bonds is 15. The molecule has 0 unspecified atom stereocenters. The fourth-order valence-electron chi connectivity index (χ4n) is 5.66. The Labute approximate surface area is 294 Å². The van der Waals surface area contributed by atoms with Gasteiger partial charge in [0.1, 0.15) is 24.2 Å². The summed E-state index contributed by atoms with van der Waals surface area (Å²) in [6.45, 7) is 0.153. The predicted octanol–water partition coefficient (Wildman–Crippen LogP) is 5.96. The lowest BCUT2D eigenvalue weighted by Gasteiger charge is -2.30. The van der Waals surface area contributed by atoms with Gasteiger partial charge in [-0.15, -0.1) is 13.2 Å². The number of alkyl halides is 6. The largest absolute Gasteiger partial charge is 0.573 e. The van der Waals surface area contributed by atoms with Crippen LogP contribution in [-0.2, 0) is 36.6 Å². The number of carbonyl (C=O) groups excluding carboxylic acids is 3. The first-order valence-electron chi connectivity index (χ1n) is 16.1. The van der Waals surface area contributed by atoms with Crippen LogP contribution in [0, 0.1) is 5.82 Å². The Morgan fingerprint density at radius 1 is 1.00 bits per heavy atom. The van der Waals surface area contributed by atoms with Gasteiger partial charge in [-0.2, -0.15) is 13.2 Å². The molecule has 3 aromatic rings. The molecule has 1 aromatic heterocycles. The van der Waals surface area contributed by atoms with Crippen LogP contribution >= 0.6 is 0 Å². The zero-order valence-electron chi connectivity index (χ0n) is 27.8. The van der Waals surface area contributed by atoms with E-state index in [1.54, 1.807) is 30.3 Å². The monoisotopic (exact) mass is 743 g/mol. The van der Waals surface area contributed by atoms with Crippen LogP contribution in [0.1, 0.15) is 47.4 Å². The number of benzene rings is 2. The van der Waals surface area contributed by atoms with Gasteiger partial charge in [0.15, 0.2) is 5.78 Å². The summed E-state index contributed by atoms with van der Waals surface area (Å²) < 4.78 is 110. The minimum Gasteiger partial charge on any atom is -0.464 e. The highest BCUT2D eigenvalue weighted by Gasteiger charge is 2.35. The number of carbonyl (C=O) groups is 3. The molecule has 17 heteroatoms. The summed E-state index contributed by atoms with van der Waals surface area (Å²) in [4.78, 5) is 42.2. The van der Waals surface area contributed by atoms with E-state index in [9.17, 15) is 40.7 Å². The molecule has 1 saturated heterocycles. The quantitative estimate of drug-likeness (QED) is 0.143. The summed E-state index contributed by atoms with van der Waals surface area (Å²) in [5.74, 6) is -3.65. The fourth-order valence-corrected chi connectivity index (χ4v) is 5.66. The van der Waals surface area contributed by atoms with E-state index in [1.165, 1.54) is 18.3 Å². The third-order valence-corrected chi connectivity index (χ3v) is 8.17. The molecule has 2 N–H and O–H groups in total. The number of pyridine rings is 1. The number of ketones is 1. The number of hydrogen-bond donors (Lipinski definition) is 2. The Morgan fingerprint density at radius 2 is 1.69 bits per heavy atom. The van der Waals surface area contributed by atoms with Crippen LogP contribution in [0.15, 0.2) is 67.0 Å². The van der Waals surface area contributed by atoms with Crippen molar-refractivity contribution >= 4 is 17.8 Å². The Morgan fingerprint density at radius 3 is 2.31 bits per heavy atom. The van der Waals surface area contributed by atoms with E-state index in [4.69, 9.17) is 14.2 Å². The number of Topliss-reactive ketones (excluding diaryl/α,β-unsaturated/α-hetero) is 1. The first-order valence-corrected chi connectivity index (χ1v) is 16.1. The second-order valence-corrected chi connectivity index (χ2v) is 11.9. The number of hydrogen-bond acceptors (Lipinski definition) is 9. The summed E-state index contributed by atoms with van der Waals surface area (Å²) in [7, 11) is 1.10. The van der Waals surface area contributed by atoms with E-state index in [0.29, 0.717) is 11.1 Å². The van der Waals surface area contributed by atoms with Gasteiger partial charge < -0.3 is 29.6 Å². The number of morpholine rings is 1. The highest BCUT2D eigenvalue weighted by atomic mass is 19.4. The van der Waals surface area contributed by atoms with Crippen molar-refractivity contribution in [3.05, 3.63) is 95.1 Å². The van der Waals surface area contributed by atoms with Crippen LogP contribution in [-0.4, -0.2) is 80.4 Å². The standard InChI is InChI=1S/C35H36F7N3O7/c1-49-33(48)45-32(31(21-5-3-2-4-6-21)22-7-9-25(10-8-22)52-35(40,41)42)29(46)15-23-16-43-18-28(36)27(23)12-11-26-17-44-24(19-50-26)20-51-30(47)13-14-34(37,38)39/h2-10,16,18,24,26,31-32,44H,11-15,17,19-20H2,1H3,(H,45,48)/t24-,26+,31+,32+/m0/s1. The van der Waals surface area contributed by atoms with Crippen LogP contribution in [0.5, 0.6) is 5.75 Å². The number of halogens is 7. The molecule has 2 aromatic carbocycles. The molecule has 282 valence electrons.